The van der Waals surface area contributed by atoms with Gasteiger partial charge in [0.2, 0.25) is 5.78 Å². The molecule has 2 aliphatic rings. The number of carbonyl (C=O) groups is 2. The summed E-state index contributed by atoms with van der Waals surface area (Å²) in [7, 11) is 0. The fraction of sp³-hybridized carbons (Fsp3) is 0. The smallest absolute Gasteiger partial charge is 0.281 e. The van der Waals surface area contributed by atoms with Crippen molar-refractivity contribution >= 4 is 44.5 Å². The Labute approximate surface area is 236 Å². The third kappa shape index (κ3) is 3.11. The van der Waals surface area contributed by atoms with Gasteiger partial charge in [0.15, 0.2) is 5.78 Å². The first kappa shape index (κ1) is 23.8. The Morgan fingerprint density at radius 1 is 0.476 bits per heavy atom. The lowest BCUT2D eigenvalue weighted by molar-refractivity contribution is -0.385. The van der Waals surface area contributed by atoms with Gasteiger partial charge in [0.25, 0.3) is 11.4 Å². The maximum atomic E-state index is 13.5. The maximum absolute atomic E-state index is 13.5. The molecule has 198 valence electrons. The van der Waals surface area contributed by atoms with E-state index >= 15 is 0 Å². The summed E-state index contributed by atoms with van der Waals surface area (Å²) in [6.45, 7) is 0. The van der Waals surface area contributed by atoms with Crippen LogP contribution in [0.15, 0.2) is 97.1 Å². The Morgan fingerprint density at radius 2 is 1.10 bits per heavy atom. The molecule has 0 amide bonds. The molecule has 0 saturated carbocycles. The standard InChI is InChI=1S/C34H16N2O6/c37-33-24-7-2-1-6-22(24)26-14-19(12-20-13-21(35(39)40)16-28(33)31(20)26)18-11-17-5-3-9-25-30(17)27(15-18)23-8-4-10-29(36(41)42)32(23)34(25)38/h1-16H. The predicted octanol–water partition coefficient (Wildman–Crippen LogP) is 7.90. The van der Waals surface area contributed by atoms with Gasteiger partial charge in [-0.25, -0.2) is 0 Å². The summed E-state index contributed by atoms with van der Waals surface area (Å²) in [6.07, 6.45) is 0. The highest BCUT2D eigenvalue weighted by atomic mass is 16.6. The molecule has 0 fully saturated rings. The molecule has 2 aliphatic carbocycles. The normalized spacial score (nSPS) is 12.8. The maximum Gasteiger partial charge on any atom is 0.281 e. The molecule has 8 heteroatoms. The van der Waals surface area contributed by atoms with E-state index in [1.54, 1.807) is 36.4 Å². The van der Waals surface area contributed by atoms with Gasteiger partial charge in [-0.3, -0.25) is 29.8 Å². The van der Waals surface area contributed by atoms with Crippen molar-refractivity contribution in [1.82, 2.24) is 0 Å². The zero-order valence-electron chi connectivity index (χ0n) is 21.6. The van der Waals surface area contributed by atoms with Crippen LogP contribution >= 0.6 is 0 Å². The molecular weight excluding hydrogens is 532 g/mol. The third-order valence-corrected chi connectivity index (χ3v) is 8.26. The van der Waals surface area contributed by atoms with Gasteiger partial charge in [-0.1, -0.05) is 54.6 Å². The van der Waals surface area contributed by atoms with Crippen molar-refractivity contribution in [2.45, 2.75) is 0 Å². The molecule has 8 rings (SSSR count). The van der Waals surface area contributed by atoms with Crippen LogP contribution in [0.3, 0.4) is 0 Å². The van der Waals surface area contributed by atoms with Crippen LogP contribution in [0.1, 0.15) is 31.8 Å². The van der Waals surface area contributed by atoms with E-state index in [9.17, 15) is 29.8 Å². The van der Waals surface area contributed by atoms with E-state index in [4.69, 9.17) is 0 Å². The summed E-state index contributed by atoms with van der Waals surface area (Å²) in [4.78, 5) is 49.6. The van der Waals surface area contributed by atoms with E-state index < -0.39 is 9.85 Å². The number of hydrogen-bond acceptors (Lipinski definition) is 6. The number of hydrogen-bond donors (Lipinski definition) is 0. The van der Waals surface area contributed by atoms with Gasteiger partial charge < -0.3 is 0 Å². The molecule has 0 atom stereocenters. The van der Waals surface area contributed by atoms with Crippen LogP contribution in [0.2, 0.25) is 0 Å². The second kappa shape index (κ2) is 8.25. The molecule has 8 nitrogen and oxygen atoms in total. The number of benzene rings is 6. The minimum Gasteiger partial charge on any atom is -0.289 e. The Bertz CT molecular complexity index is 2300. The molecule has 6 aromatic rings. The first-order valence-electron chi connectivity index (χ1n) is 13.1. The monoisotopic (exact) mass is 548 g/mol. The van der Waals surface area contributed by atoms with E-state index in [1.807, 2.05) is 42.5 Å². The molecule has 0 bridgehead atoms. The van der Waals surface area contributed by atoms with E-state index in [1.165, 1.54) is 18.2 Å². The first-order chi connectivity index (χ1) is 20.3. The number of rotatable bonds is 3. The number of nitro groups is 2. The summed E-state index contributed by atoms with van der Waals surface area (Å²) in [5.41, 5.74) is 5.02. The summed E-state index contributed by atoms with van der Waals surface area (Å²) < 4.78 is 0. The number of nitrogens with zero attached hydrogens (tertiary/aromatic N) is 2. The Hall–Kier alpha value is -6.02. The fourth-order valence-electron chi connectivity index (χ4n) is 6.51. The molecule has 42 heavy (non-hydrogen) atoms. The Morgan fingerprint density at radius 3 is 1.83 bits per heavy atom. The SMILES string of the molecule is O=C1c2ccccc2-c2cc(-c3cc4c5c(cccc5c3)C(=O)c3c-4cccc3[N+](=O)[O-])cc3cc([N+](=O)[O-])cc1c23. The number of nitro benzene ring substituents is 2. The molecular formula is C34H16N2O6. The highest BCUT2D eigenvalue weighted by Crippen LogP contribution is 2.47. The molecule has 0 saturated heterocycles. The zero-order valence-corrected chi connectivity index (χ0v) is 21.6. The largest absolute Gasteiger partial charge is 0.289 e. The second-order valence-corrected chi connectivity index (χ2v) is 10.5. The molecule has 0 aromatic heterocycles. The van der Waals surface area contributed by atoms with Crippen molar-refractivity contribution in [3.8, 4) is 33.4 Å². The summed E-state index contributed by atoms with van der Waals surface area (Å²) in [6, 6.07) is 27.7. The van der Waals surface area contributed by atoms with Crippen molar-refractivity contribution in [2.24, 2.45) is 0 Å². The minimum absolute atomic E-state index is 0.0564. The van der Waals surface area contributed by atoms with Gasteiger partial charge in [0.1, 0.15) is 5.56 Å². The van der Waals surface area contributed by atoms with Crippen LogP contribution in [-0.4, -0.2) is 21.4 Å². The van der Waals surface area contributed by atoms with Gasteiger partial charge in [0, 0.05) is 51.2 Å². The van der Waals surface area contributed by atoms with Gasteiger partial charge in [-0.2, -0.15) is 0 Å². The van der Waals surface area contributed by atoms with Crippen LogP contribution in [0, 0.1) is 20.2 Å². The second-order valence-electron chi connectivity index (χ2n) is 10.5. The lowest BCUT2D eigenvalue weighted by Crippen LogP contribution is -2.12. The quantitative estimate of drug-likeness (QED) is 0.163. The minimum atomic E-state index is -0.539. The average Bonchev–Trinajstić information content (AvgIpc) is 3.01. The number of carbonyl (C=O) groups excluding carboxylic acids is 2. The van der Waals surface area contributed by atoms with Crippen LogP contribution in [0.4, 0.5) is 11.4 Å². The van der Waals surface area contributed by atoms with Gasteiger partial charge >= 0.3 is 0 Å². The molecule has 0 aliphatic heterocycles. The van der Waals surface area contributed by atoms with Crippen LogP contribution in [0.25, 0.3) is 54.9 Å². The van der Waals surface area contributed by atoms with Gasteiger partial charge in [-0.15, -0.1) is 0 Å². The average molecular weight is 549 g/mol. The van der Waals surface area contributed by atoms with E-state index in [0.717, 1.165) is 33.0 Å². The van der Waals surface area contributed by atoms with Crippen LogP contribution < -0.4 is 0 Å². The van der Waals surface area contributed by atoms with Gasteiger partial charge in [-0.05, 0) is 62.9 Å². The third-order valence-electron chi connectivity index (χ3n) is 8.26. The summed E-state index contributed by atoms with van der Waals surface area (Å²) in [5, 5.41) is 26.4. The zero-order chi connectivity index (χ0) is 28.9. The summed E-state index contributed by atoms with van der Waals surface area (Å²) in [5.74, 6) is -0.649. The molecule has 0 heterocycles. The number of ketones is 2. The number of fused-ring (bicyclic) bond motifs is 4. The van der Waals surface area contributed by atoms with Crippen molar-refractivity contribution in [2.75, 3.05) is 0 Å². The van der Waals surface area contributed by atoms with E-state index in [0.29, 0.717) is 33.0 Å². The Kier molecular flexibility index (Phi) is 4.68. The van der Waals surface area contributed by atoms with Crippen LogP contribution in [-0.2, 0) is 0 Å². The number of non-ortho nitro benzene ring substituents is 1. The molecule has 0 spiro atoms. The van der Waals surface area contributed by atoms with Crippen molar-refractivity contribution in [3.63, 3.8) is 0 Å². The lowest BCUT2D eigenvalue weighted by atomic mass is 9.79. The molecule has 6 aromatic carbocycles. The molecule has 0 N–H and O–H groups in total. The first-order valence-corrected chi connectivity index (χ1v) is 13.1. The predicted molar refractivity (Wildman–Crippen MR) is 158 cm³/mol. The van der Waals surface area contributed by atoms with E-state index in [2.05, 4.69) is 0 Å². The Balaban J connectivity index is 1.46. The highest BCUT2D eigenvalue weighted by Gasteiger charge is 2.33. The van der Waals surface area contributed by atoms with Crippen molar-refractivity contribution < 1.29 is 19.4 Å². The van der Waals surface area contributed by atoms with Crippen molar-refractivity contribution in [3.05, 3.63) is 140 Å². The van der Waals surface area contributed by atoms with Crippen molar-refractivity contribution in [1.29, 1.82) is 0 Å². The fourth-order valence-corrected chi connectivity index (χ4v) is 6.51. The van der Waals surface area contributed by atoms with E-state index in [-0.39, 0.29) is 34.1 Å². The lowest BCUT2D eigenvalue weighted by Gasteiger charge is -2.23. The molecule has 0 unspecified atom stereocenters. The van der Waals surface area contributed by atoms with Crippen LogP contribution in [0.5, 0.6) is 0 Å². The summed E-state index contributed by atoms with van der Waals surface area (Å²) >= 11 is 0. The highest BCUT2D eigenvalue weighted by molar-refractivity contribution is 6.29. The molecule has 0 radical (unpaired) electrons. The van der Waals surface area contributed by atoms with Gasteiger partial charge in [0.05, 0.1) is 9.85 Å². The topological polar surface area (TPSA) is 120 Å².